The van der Waals surface area contributed by atoms with Crippen LogP contribution in [0.25, 0.3) is 0 Å². The first-order valence-corrected chi connectivity index (χ1v) is 8.21. The molecule has 0 fully saturated rings. The van der Waals surface area contributed by atoms with Crippen LogP contribution < -0.4 is 20.1 Å². The zero-order valence-electron chi connectivity index (χ0n) is 14.6. The molecule has 0 heterocycles. The molecule has 0 aromatic heterocycles. The fraction of sp³-hybridized carbons (Fsp3) is 0.250. The quantitative estimate of drug-likeness (QED) is 0.675. The van der Waals surface area contributed by atoms with E-state index in [-0.39, 0.29) is 18.6 Å². The highest BCUT2D eigenvalue weighted by molar-refractivity contribution is 5.93. The number of nitrogens with one attached hydrogen (secondary N) is 2. The summed E-state index contributed by atoms with van der Waals surface area (Å²) in [6, 6.07) is 14.8. The summed E-state index contributed by atoms with van der Waals surface area (Å²) < 4.78 is 11.0. The topological polar surface area (TPSA) is 59.6 Å². The first kappa shape index (κ1) is 18.4. The standard InChI is InChI=1S/C20H24N2O3/c1-4-12-24-19-7-5-6-17(13-19)21-14-20(23)22-16-8-10-18(11-9-16)25-15(2)3/h4-11,13,15,21H,1,12,14H2,2-3H3,(H,22,23). The molecule has 0 atom stereocenters. The number of benzene rings is 2. The van der Waals surface area contributed by atoms with Gasteiger partial charge in [-0.1, -0.05) is 18.7 Å². The molecule has 0 aliphatic carbocycles. The third-order valence-corrected chi connectivity index (χ3v) is 3.16. The smallest absolute Gasteiger partial charge is 0.243 e. The van der Waals surface area contributed by atoms with Crippen molar-refractivity contribution in [2.45, 2.75) is 20.0 Å². The van der Waals surface area contributed by atoms with Crippen LogP contribution >= 0.6 is 0 Å². The maximum Gasteiger partial charge on any atom is 0.243 e. The average molecular weight is 340 g/mol. The predicted molar refractivity (Wildman–Crippen MR) is 101 cm³/mol. The Morgan fingerprint density at radius 3 is 2.56 bits per heavy atom. The van der Waals surface area contributed by atoms with Gasteiger partial charge in [-0.25, -0.2) is 0 Å². The van der Waals surface area contributed by atoms with Crippen molar-refractivity contribution in [2.75, 3.05) is 23.8 Å². The maximum atomic E-state index is 12.1. The molecule has 0 aliphatic heterocycles. The van der Waals surface area contributed by atoms with Crippen molar-refractivity contribution in [3.05, 3.63) is 61.2 Å². The Kier molecular flexibility index (Phi) is 6.89. The summed E-state index contributed by atoms with van der Waals surface area (Å²) in [5.41, 5.74) is 1.54. The zero-order valence-corrected chi connectivity index (χ0v) is 14.6. The van der Waals surface area contributed by atoms with Crippen LogP contribution in [0.5, 0.6) is 11.5 Å². The molecular weight excluding hydrogens is 316 g/mol. The van der Waals surface area contributed by atoms with Gasteiger partial charge in [0, 0.05) is 17.4 Å². The van der Waals surface area contributed by atoms with Gasteiger partial charge in [-0.05, 0) is 50.2 Å². The van der Waals surface area contributed by atoms with Gasteiger partial charge in [0.2, 0.25) is 5.91 Å². The van der Waals surface area contributed by atoms with Crippen molar-refractivity contribution in [1.82, 2.24) is 0 Å². The summed E-state index contributed by atoms with van der Waals surface area (Å²) in [5.74, 6) is 1.38. The number of hydrogen-bond donors (Lipinski definition) is 2. The lowest BCUT2D eigenvalue weighted by Crippen LogP contribution is -2.21. The van der Waals surface area contributed by atoms with E-state index in [0.717, 1.165) is 22.9 Å². The van der Waals surface area contributed by atoms with E-state index in [1.807, 2.05) is 62.4 Å². The summed E-state index contributed by atoms with van der Waals surface area (Å²) >= 11 is 0. The summed E-state index contributed by atoms with van der Waals surface area (Å²) in [4.78, 5) is 12.1. The van der Waals surface area contributed by atoms with Crippen molar-refractivity contribution in [3.63, 3.8) is 0 Å². The molecule has 0 spiro atoms. The lowest BCUT2D eigenvalue weighted by atomic mass is 10.3. The Morgan fingerprint density at radius 2 is 1.88 bits per heavy atom. The van der Waals surface area contributed by atoms with Gasteiger partial charge < -0.3 is 20.1 Å². The van der Waals surface area contributed by atoms with Gasteiger partial charge in [-0.3, -0.25) is 4.79 Å². The first-order chi connectivity index (χ1) is 12.1. The molecule has 2 N–H and O–H groups in total. The summed E-state index contributed by atoms with van der Waals surface area (Å²) in [7, 11) is 0. The van der Waals surface area contributed by atoms with Crippen LogP contribution in [-0.4, -0.2) is 25.2 Å². The molecule has 0 unspecified atom stereocenters. The number of hydrogen-bond acceptors (Lipinski definition) is 4. The van der Waals surface area contributed by atoms with E-state index in [1.54, 1.807) is 6.08 Å². The van der Waals surface area contributed by atoms with Gasteiger partial charge in [-0.15, -0.1) is 0 Å². The van der Waals surface area contributed by atoms with Gasteiger partial charge in [-0.2, -0.15) is 0 Å². The molecule has 2 aromatic rings. The van der Waals surface area contributed by atoms with E-state index in [9.17, 15) is 4.79 Å². The van der Waals surface area contributed by atoms with Gasteiger partial charge >= 0.3 is 0 Å². The Hall–Kier alpha value is -2.95. The summed E-state index contributed by atoms with van der Waals surface area (Å²) in [6.45, 7) is 8.16. The van der Waals surface area contributed by atoms with Crippen LogP contribution in [0, 0.1) is 0 Å². The number of anilines is 2. The highest BCUT2D eigenvalue weighted by Gasteiger charge is 2.04. The Morgan fingerprint density at radius 1 is 1.12 bits per heavy atom. The molecule has 25 heavy (non-hydrogen) atoms. The van der Waals surface area contributed by atoms with Crippen LogP contribution in [0.1, 0.15) is 13.8 Å². The van der Waals surface area contributed by atoms with Crippen LogP contribution in [0.15, 0.2) is 61.2 Å². The first-order valence-electron chi connectivity index (χ1n) is 8.21. The van der Waals surface area contributed by atoms with Crippen LogP contribution in [0.4, 0.5) is 11.4 Å². The van der Waals surface area contributed by atoms with E-state index in [1.165, 1.54) is 0 Å². The minimum atomic E-state index is -0.130. The normalized spacial score (nSPS) is 10.2. The van der Waals surface area contributed by atoms with Gasteiger partial charge in [0.25, 0.3) is 0 Å². The predicted octanol–water partition coefficient (Wildman–Crippen LogP) is 4.09. The lowest BCUT2D eigenvalue weighted by molar-refractivity contribution is -0.114. The molecule has 2 aromatic carbocycles. The highest BCUT2D eigenvalue weighted by Crippen LogP contribution is 2.18. The van der Waals surface area contributed by atoms with Crippen molar-refractivity contribution >= 4 is 17.3 Å². The molecule has 0 saturated heterocycles. The third-order valence-electron chi connectivity index (χ3n) is 3.16. The van der Waals surface area contributed by atoms with E-state index in [2.05, 4.69) is 17.2 Å². The molecule has 0 saturated carbocycles. The second-order valence-electron chi connectivity index (χ2n) is 5.72. The number of amides is 1. The minimum Gasteiger partial charge on any atom is -0.491 e. The maximum absolute atomic E-state index is 12.1. The number of ether oxygens (including phenoxy) is 2. The molecule has 2 rings (SSSR count). The fourth-order valence-electron chi connectivity index (χ4n) is 2.13. The van der Waals surface area contributed by atoms with Crippen molar-refractivity contribution in [3.8, 4) is 11.5 Å². The number of rotatable bonds is 9. The Labute approximate surface area is 148 Å². The summed E-state index contributed by atoms with van der Waals surface area (Å²) in [5, 5.41) is 5.92. The average Bonchev–Trinajstić information content (AvgIpc) is 2.60. The Bertz CT molecular complexity index is 696. The molecule has 0 aliphatic rings. The SMILES string of the molecule is C=CCOc1cccc(NCC(=O)Nc2ccc(OC(C)C)cc2)c1. The largest absolute Gasteiger partial charge is 0.491 e. The third kappa shape index (κ3) is 6.59. The van der Waals surface area contributed by atoms with E-state index < -0.39 is 0 Å². The van der Waals surface area contributed by atoms with Gasteiger partial charge in [0.15, 0.2) is 0 Å². The highest BCUT2D eigenvalue weighted by atomic mass is 16.5. The lowest BCUT2D eigenvalue weighted by Gasteiger charge is -2.11. The van der Waals surface area contributed by atoms with Crippen molar-refractivity contribution in [2.24, 2.45) is 0 Å². The fourth-order valence-corrected chi connectivity index (χ4v) is 2.13. The van der Waals surface area contributed by atoms with Crippen LogP contribution in [0.3, 0.4) is 0 Å². The summed E-state index contributed by atoms with van der Waals surface area (Å²) in [6.07, 6.45) is 1.81. The second kappa shape index (κ2) is 9.37. The van der Waals surface area contributed by atoms with Crippen molar-refractivity contribution < 1.29 is 14.3 Å². The molecular formula is C20H24N2O3. The Balaban J connectivity index is 1.83. The monoisotopic (exact) mass is 340 g/mol. The molecule has 5 nitrogen and oxygen atoms in total. The van der Waals surface area contributed by atoms with Crippen LogP contribution in [-0.2, 0) is 4.79 Å². The molecule has 0 bridgehead atoms. The number of carbonyl (C=O) groups excluding carboxylic acids is 1. The molecule has 132 valence electrons. The van der Waals surface area contributed by atoms with Gasteiger partial charge in [0.1, 0.15) is 18.1 Å². The van der Waals surface area contributed by atoms with Gasteiger partial charge in [0.05, 0.1) is 12.6 Å². The van der Waals surface area contributed by atoms with Crippen LogP contribution in [0.2, 0.25) is 0 Å². The molecule has 1 amide bonds. The van der Waals surface area contributed by atoms with Crippen molar-refractivity contribution in [1.29, 1.82) is 0 Å². The molecule has 5 heteroatoms. The van der Waals surface area contributed by atoms with E-state index >= 15 is 0 Å². The second-order valence-corrected chi connectivity index (χ2v) is 5.72. The van der Waals surface area contributed by atoms with E-state index in [4.69, 9.17) is 9.47 Å². The molecule has 0 radical (unpaired) electrons. The zero-order chi connectivity index (χ0) is 18.1. The number of carbonyl (C=O) groups is 1. The van der Waals surface area contributed by atoms with E-state index in [0.29, 0.717) is 6.61 Å². The minimum absolute atomic E-state index is 0.121.